The zero-order chi connectivity index (χ0) is 20.4. The van der Waals surface area contributed by atoms with Crippen molar-refractivity contribution in [3.63, 3.8) is 0 Å². The lowest BCUT2D eigenvalue weighted by molar-refractivity contribution is -0.120. The molecule has 6 nitrogen and oxygen atoms in total. The second-order valence-corrected chi connectivity index (χ2v) is 7.81. The molecule has 1 atom stereocenters. The number of hydrogen-bond donors (Lipinski definition) is 2. The van der Waals surface area contributed by atoms with E-state index in [0.717, 1.165) is 21.5 Å². The molecule has 29 heavy (non-hydrogen) atoms. The second kappa shape index (κ2) is 7.89. The van der Waals surface area contributed by atoms with E-state index < -0.39 is 11.9 Å². The fraction of sp³-hybridized carbons (Fsp3) is 0.136. The summed E-state index contributed by atoms with van der Waals surface area (Å²) in [5, 5.41) is 8.30. The monoisotopic (exact) mass is 404 g/mol. The van der Waals surface area contributed by atoms with Gasteiger partial charge in [0, 0.05) is 5.39 Å². The van der Waals surface area contributed by atoms with Gasteiger partial charge in [0.2, 0.25) is 5.91 Å². The molecule has 0 saturated heterocycles. The summed E-state index contributed by atoms with van der Waals surface area (Å²) in [6.07, 6.45) is 0. The lowest BCUT2D eigenvalue weighted by Gasteiger charge is -2.15. The molecule has 0 radical (unpaired) electrons. The van der Waals surface area contributed by atoms with E-state index in [2.05, 4.69) is 10.4 Å². The van der Waals surface area contributed by atoms with Crippen LogP contribution in [0.3, 0.4) is 0 Å². The quantitative estimate of drug-likeness (QED) is 0.516. The number of nitrogens with two attached hydrogens (primary N) is 1. The van der Waals surface area contributed by atoms with E-state index in [1.807, 2.05) is 54.1 Å². The number of aromatic nitrogens is 2. The highest BCUT2D eigenvalue weighted by atomic mass is 32.1. The second-order valence-electron chi connectivity index (χ2n) is 6.78. The van der Waals surface area contributed by atoms with Crippen molar-refractivity contribution >= 4 is 33.4 Å². The van der Waals surface area contributed by atoms with Crippen LogP contribution in [0.2, 0.25) is 0 Å². The Labute approximate surface area is 172 Å². The van der Waals surface area contributed by atoms with Crippen LogP contribution in [0.1, 0.15) is 32.5 Å². The highest BCUT2D eigenvalue weighted by Crippen LogP contribution is 2.29. The summed E-state index contributed by atoms with van der Waals surface area (Å²) in [6, 6.07) is 20.0. The molecule has 0 aliphatic heterocycles. The third kappa shape index (κ3) is 3.90. The zero-order valence-electron chi connectivity index (χ0n) is 15.8. The molecule has 2 aromatic heterocycles. The van der Waals surface area contributed by atoms with Gasteiger partial charge < -0.3 is 11.1 Å². The molecule has 1 unspecified atom stereocenters. The molecule has 0 aliphatic carbocycles. The average Bonchev–Trinajstić information content (AvgIpc) is 3.29. The molecular formula is C22H20N4O2S. The van der Waals surface area contributed by atoms with Gasteiger partial charge in [-0.2, -0.15) is 5.10 Å². The van der Waals surface area contributed by atoms with Crippen LogP contribution in [0.5, 0.6) is 0 Å². The number of aryl methyl sites for hydroxylation is 1. The van der Waals surface area contributed by atoms with Crippen LogP contribution in [0, 0.1) is 6.92 Å². The Morgan fingerprint density at radius 2 is 1.76 bits per heavy atom. The molecule has 2 amide bonds. The maximum Gasteiger partial charge on any atom is 0.262 e. The predicted octanol–water partition coefficient (Wildman–Crippen LogP) is 3.41. The van der Waals surface area contributed by atoms with Gasteiger partial charge in [0.15, 0.2) is 0 Å². The number of nitrogens with one attached hydrogen (secondary N) is 1. The summed E-state index contributed by atoms with van der Waals surface area (Å²) in [6.45, 7) is 2.55. The van der Waals surface area contributed by atoms with E-state index in [1.165, 1.54) is 11.3 Å². The number of amides is 2. The average molecular weight is 404 g/mol. The molecule has 2 heterocycles. The van der Waals surface area contributed by atoms with Gasteiger partial charge in [-0.25, -0.2) is 0 Å². The molecule has 0 aliphatic rings. The fourth-order valence-corrected chi connectivity index (χ4v) is 4.32. The maximum atomic E-state index is 12.8. The van der Waals surface area contributed by atoms with Gasteiger partial charge in [0.05, 0.1) is 17.1 Å². The summed E-state index contributed by atoms with van der Waals surface area (Å²) < 4.78 is 1.91. The largest absolute Gasteiger partial charge is 0.368 e. The summed E-state index contributed by atoms with van der Waals surface area (Å²) in [4.78, 5) is 26.2. The number of carbonyl (C=O) groups excluding carboxylic acids is 2. The van der Waals surface area contributed by atoms with Crippen LogP contribution in [0.15, 0.2) is 66.7 Å². The Morgan fingerprint density at radius 1 is 1.10 bits per heavy atom. The van der Waals surface area contributed by atoms with Crippen molar-refractivity contribution in [2.45, 2.75) is 19.5 Å². The molecule has 4 rings (SSSR count). The molecular weight excluding hydrogens is 384 g/mol. The molecule has 0 fully saturated rings. The number of carbonyl (C=O) groups is 2. The number of fused-ring (bicyclic) bond motifs is 1. The van der Waals surface area contributed by atoms with Gasteiger partial charge in [-0.3, -0.25) is 14.3 Å². The first kappa shape index (κ1) is 18.9. The number of benzene rings is 2. The van der Waals surface area contributed by atoms with Crippen molar-refractivity contribution < 1.29 is 9.59 Å². The summed E-state index contributed by atoms with van der Waals surface area (Å²) in [5.41, 5.74) is 8.17. The summed E-state index contributed by atoms with van der Waals surface area (Å²) in [5.74, 6) is -0.929. The molecule has 3 N–H and O–H groups in total. The minimum Gasteiger partial charge on any atom is -0.368 e. The third-order valence-corrected chi connectivity index (χ3v) is 5.85. The van der Waals surface area contributed by atoms with Crippen molar-refractivity contribution in [1.29, 1.82) is 0 Å². The minimum atomic E-state index is -0.879. The SMILES string of the molecule is Cc1nn(Cc2ccccc2)c2sc(C(=O)NC(C(N)=O)c3ccccc3)cc12. The number of hydrogen-bond acceptors (Lipinski definition) is 4. The van der Waals surface area contributed by atoms with Crippen LogP contribution < -0.4 is 11.1 Å². The van der Waals surface area contributed by atoms with Crippen LogP contribution >= 0.6 is 11.3 Å². The van der Waals surface area contributed by atoms with Crippen molar-refractivity contribution in [2.75, 3.05) is 0 Å². The first-order chi connectivity index (χ1) is 14.0. The highest BCUT2D eigenvalue weighted by molar-refractivity contribution is 7.20. The van der Waals surface area contributed by atoms with Crippen molar-refractivity contribution in [3.05, 3.63) is 88.4 Å². The fourth-order valence-electron chi connectivity index (χ4n) is 3.25. The van der Waals surface area contributed by atoms with Crippen LogP contribution in [0.4, 0.5) is 0 Å². The zero-order valence-corrected chi connectivity index (χ0v) is 16.6. The van der Waals surface area contributed by atoms with E-state index in [9.17, 15) is 9.59 Å². The Morgan fingerprint density at radius 3 is 2.41 bits per heavy atom. The van der Waals surface area contributed by atoms with Gasteiger partial charge in [0.1, 0.15) is 10.9 Å². The lowest BCUT2D eigenvalue weighted by atomic mass is 10.1. The van der Waals surface area contributed by atoms with Crippen molar-refractivity contribution in [2.24, 2.45) is 5.73 Å². The van der Waals surface area contributed by atoms with Gasteiger partial charge in [-0.1, -0.05) is 60.7 Å². The topological polar surface area (TPSA) is 90.0 Å². The van der Waals surface area contributed by atoms with E-state index in [-0.39, 0.29) is 5.91 Å². The lowest BCUT2D eigenvalue weighted by Crippen LogP contribution is -2.37. The number of nitrogens with zero attached hydrogens (tertiary/aromatic N) is 2. The third-order valence-electron chi connectivity index (χ3n) is 4.70. The Balaban J connectivity index is 1.61. The predicted molar refractivity (Wildman–Crippen MR) is 114 cm³/mol. The summed E-state index contributed by atoms with van der Waals surface area (Å²) >= 11 is 1.36. The van der Waals surface area contributed by atoms with E-state index in [4.69, 9.17) is 5.73 Å². The first-order valence-electron chi connectivity index (χ1n) is 9.19. The normalized spacial score (nSPS) is 12.0. The molecule has 0 bridgehead atoms. The number of rotatable bonds is 6. The maximum absolute atomic E-state index is 12.8. The molecule has 4 aromatic rings. The Bertz CT molecular complexity index is 1170. The molecule has 0 spiro atoms. The van der Waals surface area contributed by atoms with Crippen molar-refractivity contribution in [3.8, 4) is 0 Å². The van der Waals surface area contributed by atoms with E-state index in [0.29, 0.717) is 17.0 Å². The Kier molecular flexibility index (Phi) is 5.14. The van der Waals surface area contributed by atoms with Gasteiger partial charge in [0.25, 0.3) is 5.91 Å². The van der Waals surface area contributed by atoms with Crippen LogP contribution in [0.25, 0.3) is 10.2 Å². The van der Waals surface area contributed by atoms with Crippen LogP contribution in [-0.4, -0.2) is 21.6 Å². The van der Waals surface area contributed by atoms with Gasteiger partial charge in [-0.15, -0.1) is 11.3 Å². The van der Waals surface area contributed by atoms with Crippen molar-refractivity contribution in [1.82, 2.24) is 15.1 Å². The van der Waals surface area contributed by atoms with Gasteiger partial charge in [-0.05, 0) is 24.1 Å². The highest BCUT2D eigenvalue weighted by Gasteiger charge is 2.23. The van der Waals surface area contributed by atoms with Crippen LogP contribution in [-0.2, 0) is 11.3 Å². The Hall–Kier alpha value is -3.45. The molecule has 0 saturated carbocycles. The van der Waals surface area contributed by atoms with E-state index in [1.54, 1.807) is 24.3 Å². The number of primary amides is 1. The molecule has 7 heteroatoms. The smallest absolute Gasteiger partial charge is 0.262 e. The number of thiophene rings is 1. The summed E-state index contributed by atoms with van der Waals surface area (Å²) in [7, 11) is 0. The first-order valence-corrected chi connectivity index (χ1v) is 10.0. The molecule has 2 aromatic carbocycles. The van der Waals surface area contributed by atoms with Gasteiger partial charge >= 0.3 is 0 Å². The molecule has 146 valence electrons. The minimum absolute atomic E-state index is 0.329. The van der Waals surface area contributed by atoms with E-state index >= 15 is 0 Å². The standard InChI is InChI=1S/C22H20N4O2S/c1-14-17-12-18(21(28)24-19(20(23)27)16-10-6-3-7-11-16)29-22(17)26(25-14)13-15-8-4-2-5-9-15/h2-12,19H,13H2,1H3,(H2,23,27)(H,24,28).